The normalized spacial score (nSPS) is 17.4. The molecule has 0 saturated carbocycles. The molecule has 1 saturated heterocycles. The maximum Gasteiger partial charge on any atom is 0.180 e. The minimum Gasteiger partial charge on any atom is -0.373 e. The van der Waals surface area contributed by atoms with Gasteiger partial charge >= 0.3 is 0 Å². The largest absolute Gasteiger partial charge is 0.373 e. The number of hydrogen-bond acceptors (Lipinski definition) is 6. The summed E-state index contributed by atoms with van der Waals surface area (Å²) in [5, 5.41) is 4.27. The summed E-state index contributed by atoms with van der Waals surface area (Å²) >= 11 is 0. The lowest BCUT2D eigenvalue weighted by Gasteiger charge is -2.34. The summed E-state index contributed by atoms with van der Waals surface area (Å²) in [7, 11) is 0. The Labute approximate surface area is 152 Å². The van der Waals surface area contributed by atoms with Gasteiger partial charge in [-0.3, -0.25) is 9.67 Å². The minimum absolute atomic E-state index is 0.0852. The molecule has 0 amide bonds. The minimum atomic E-state index is 0.0852. The van der Waals surface area contributed by atoms with Gasteiger partial charge in [-0.2, -0.15) is 5.10 Å². The smallest absolute Gasteiger partial charge is 0.180 e. The van der Waals surface area contributed by atoms with Crippen molar-refractivity contribution in [1.82, 2.24) is 24.7 Å². The van der Waals surface area contributed by atoms with Crippen molar-refractivity contribution in [1.29, 1.82) is 0 Å². The predicted octanol–water partition coefficient (Wildman–Crippen LogP) is 2.20. The van der Waals surface area contributed by atoms with E-state index in [1.165, 1.54) is 0 Å². The van der Waals surface area contributed by atoms with Crippen LogP contribution < -0.4 is 4.90 Å². The van der Waals surface area contributed by atoms with Gasteiger partial charge < -0.3 is 9.64 Å². The van der Waals surface area contributed by atoms with Crippen LogP contribution in [0.2, 0.25) is 0 Å². The molecule has 3 aromatic rings. The van der Waals surface area contributed by atoms with Crippen LogP contribution in [0.3, 0.4) is 0 Å². The molecule has 0 aliphatic carbocycles. The van der Waals surface area contributed by atoms with Crippen molar-refractivity contribution in [3.63, 3.8) is 0 Å². The van der Waals surface area contributed by atoms with E-state index in [2.05, 4.69) is 33.0 Å². The molecular formula is C19H22N6O. The third kappa shape index (κ3) is 3.72. The fourth-order valence-corrected chi connectivity index (χ4v) is 3.09. The van der Waals surface area contributed by atoms with Gasteiger partial charge in [0.2, 0.25) is 0 Å². The Bertz CT molecular complexity index is 837. The molecule has 1 unspecified atom stereocenters. The van der Waals surface area contributed by atoms with Crippen LogP contribution in [-0.2, 0) is 17.7 Å². The number of hydrogen-bond donors (Lipinski definition) is 0. The van der Waals surface area contributed by atoms with E-state index in [0.717, 1.165) is 43.3 Å². The number of aromatic nitrogens is 5. The molecule has 7 heteroatoms. The lowest BCUT2D eigenvalue weighted by Crippen LogP contribution is -2.44. The molecule has 1 aliphatic rings. The first-order chi connectivity index (χ1) is 12.8. The van der Waals surface area contributed by atoms with Gasteiger partial charge in [0.25, 0.3) is 0 Å². The standard InChI is InChI=1S/C19H22N6O/c1-2-15-12-18(23-19(22-15)17-6-3-4-7-20-17)24-10-11-26-16(13-24)14-25-9-5-8-21-25/h3-9,12,16H,2,10-11,13-14H2,1H3. The Morgan fingerprint density at radius 1 is 1.19 bits per heavy atom. The highest BCUT2D eigenvalue weighted by Crippen LogP contribution is 2.21. The first-order valence-corrected chi connectivity index (χ1v) is 8.95. The quantitative estimate of drug-likeness (QED) is 0.703. The fraction of sp³-hybridized carbons (Fsp3) is 0.368. The number of nitrogens with zero attached hydrogens (tertiary/aromatic N) is 6. The molecule has 26 heavy (non-hydrogen) atoms. The van der Waals surface area contributed by atoms with E-state index in [4.69, 9.17) is 9.72 Å². The average Bonchev–Trinajstić information content (AvgIpc) is 3.21. The van der Waals surface area contributed by atoms with E-state index in [1.54, 1.807) is 12.4 Å². The molecule has 0 bridgehead atoms. The maximum atomic E-state index is 5.92. The molecule has 1 aliphatic heterocycles. The molecule has 3 aromatic heterocycles. The number of anilines is 1. The highest BCUT2D eigenvalue weighted by atomic mass is 16.5. The third-order valence-electron chi connectivity index (χ3n) is 4.43. The summed E-state index contributed by atoms with van der Waals surface area (Å²) in [5.41, 5.74) is 1.82. The van der Waals surface area contributed by atoms with Gasteiger partial charge in [-0.25, -0.2) is 9.97 Å². The zero-order chi connectivity index (χ0) is 17.8. The van der Waals surface area contributed by atoms with Crippen LogP contribution in [-0.4, -0.2) is 50.5 Å². The van der Waals surface area contributed by atoms with Crippen LogP contribution in [0.15, 0.2) is 48.9 Å². The highest BCUT2D eigenvalue weighted by molar-refractivity contribution is 5.54. The summed E-state index contributed by atoms with van der Waals surface area (Å²) in [4.78, 5) is 16.1. The fourth-order valence-electron chi connectivity index (χ4n) is 3.09. The Morgan fingerprint density at radius 2 is 2.15 bits per heavy atom. The van der Waals surface area contributed by atoms with E-state index >= 15 is 0 Å². The Hall–Kier alpha value is -2.80. The first-order valence-electron chi connectivity index (χ1n) is 8.95. The van der Waals surface area contributed by atoms with Gasteiger partial charge in [-0.1, -0.05) is 13.0 Å². The lowest BCUT2D eigenvalue weighted by molar-refractivity contribution is 0.0272. The Morgan fingerprint density at radius 3 is 2.92 bits per heavy atom. The van der Waals surface area contributed by atoms with E-state index in [0.29, 0.717) is 12.4 Å². The maximum absolute atomic E-state index is 5.92. The predicted molar refractivity (Wildman–Crippen MR) is 98.8 cm³/mol. The van der Waals surface area contributed by atoms with Crippen LogP contribution in [0.4, 0.5) is 5.82 Å². The van der Waals surface area contributed by atoms with Crippen molar-refractivity contribution in [3.8, 4) is 11.5 Å². The van der Waals surface area contributed by atoms with Crippen molar-refractivity contribution in [3.05, 3.63) is 54.6 Å². The van der Waals surface area contributed by atoms with Gasteiger partial charge in [-0.15, -0.1) is 0 Å². The third-order valence-corrected chi connectivity index (χ3v) is 4.43. The number of ether oxygens (including phenoxy) is 1. The molecular weight excluding hydrogens is 328 g/mol. The van der Waals surface area contributed by atoms with Crippen molar-refractivity contribution >= 4 is 5.82 Å². The Balaban J connectivity index is 1.58. The lowest BCUT2D eigenvalue weighted by atomic mass is 10.2. The SMILES string of the molecule is CCc1cc(N2CCOC(Cn3cccn3)C2)nc(-c2ccccn2)n1. The molecule has 4 rings (SSSR count). The molecule has 4 heterocycles. The van der Waals surface area contributed by atoms with Crippen molar-refractivity contribution in [2.24, 2.45) is 0 Å². The van der Waals surface area contributed by atoms with Crippen LogP contribution in [0.25, 0.3) is 11.5 Å². The topological polar surface area (TPSA) is 69.0 Å². The molecule has 0 spiro atoms. The van der Waals surface area contributed by atoms with E-state index in [9.17, 15) is 0 Å². The zero-order valence-electron chi connectivity index (χ0n) is 14.8. The Kier molecular flexibility index (Phi) is 4.88. The summed E-state index contributed by atoms with van der Waals surface area (Å²) in [6.45, 7) is 5.12. The van der Waals surface area contributed by atoms with Crippen LogP contribution in [0.5, 0.6) is 0 Å². The molecule has 0 N–H and O–H groups in total. The van der Waals surface area contributed by atoms with Gasteiger partial charge in [0.05, 0.1) is 19.3 Å². The molecule has 1 fully saturated rings. The number of aryl methyl sites for hydroxylation is 1. The number of rotatable bonds is 5. The summed E-state index contributed by atoms with van der Waals surface area (Å²) in [6, 6.07) is 9.80. The van der Waals surface area contributed by atoms with Crippen molar-refractivity contribution < 1.29 is 4.74 Å². The molecule has 1 atom stereocenters. The van der Waals surface area contributed by atoms with Crippen molar-refractivity contribution in [2.45, 2.75) is 26.0 Å². The van der Waals surface area contributed by atoms with Crippen LogP contribution in [0.1, 0.15) is 12.6 Å². The van der Waals surface area contributed by atoms with E-state index < -0.39 is 0 Å². The van der Waals surface area contributed by atoms with Crippen LogP contribution in [0, 0.1) is 0 Å². The molecule has 0 radical (unpaired) electrons. The monoisotopic (exact) mass is 350 g/mol. The second kappa shape index (κ2) is 7.61. The highest BCUT2D eigenvalue weighted by Gasteiger charge is 2.23. The second-order valence-electron chi connectivity index (χ2n) is 6.28. The number of morpholine rings is 1. The van der Waals surface area contributed by atoms with E-state index in [-0.39, 0.29) is 6.10 Å². The summed E-state index contributed by atoms with van der Waals surface area (Å²) in [6.07, 6.45) is 6.46. The first kappa shape index (κ1) is 16.7. The summed E-state index contributed by atoms with van der Waals surface area (Å²) < 4.78 is 7.82. The number of pyridine rings is 1. The van der Waals surface area contributed by atoms with Gasteiger partial charge in [-0.05, 0) is 24.6 Å². The van der Waals surface area contributed by atoms with Gasteiger partial charge in [0.1, 0.15) is 11.5 Å². The second-order valence-corrected chi connectivity index (χ2v) is 6.28. The molecule has 0 aromatic carbocycles. The van der Waals surface area contributed by atoms with Gasteiger partial charge in [0, 0.05) is 43.4 Å². The van der Waals surface area contributed by atoms with Crippen LogP contribution >= 0.6 is 0 Å². The molecule has 134 valence electrons. The van der Waals surface area contributed by atoms with Gasteiger partial charge in [0.15, 0.2) is 5.82 Å². The summed E-state index contributed by atoms with van der Waals surface area (Å²) in [5.74, 6) is 1.61. The van der Waals surface area contributed by atoms with Crippen molar-refractivity contribution in [2.75, 3.05) is 24.6 Å². The molecule has 7 nitrogen and oxygen atoms in total. The average molecular weight is 350 g/mol. The van der Waals surface area contributed by atoms with E-state index in [1.807, 2.05) is 35.1 Å². The zero-order valence-corrected chi connectivity index (χ0v) is 14.8.